The lowest BCUT2D eigenvalue weighted by Crippen LogP contribution is -2.45. The smallest absolute Gasteiger partial charge is 0.407 e. The van der Waals surface area contributed by atoms with Crippen LogP contribution in [0.4, 0.5) is 4.79 Å². The molecule has 0 aromatic carbocycles. The van der Waals surface area contributed by atoms with Crippen molar-refractivity contribution < 1.29 is 9.53 Å². The van der Waals surface area contributed by atoms with Crippen molar-refractivity contribution in [1.82, 2.24) is 15.6 Å². The van der Waals surface area contributed by atoms with Gasteiger partial charge >= 0.3 is 6.09 Å². The van der Waals surface area contributed by atoms with Crippen molar-refractivity contribution in [2.75, 3.05) is 6.54 Å². The molecule has 0 saturated heterocycles. The number of hydrogen-bond acceptors (Lipinski definition) is 3. The fraction of sp³-hybridized carbons (Fsp3) is 0.706. The molecule has 22 heavy (non-hydrogen) atoms. The van der Waals surface area contributed by atoms with Crippen LogP contribution >= 0.6 is 0 Å². The number of hydrogen-bond donors (Lipinski definition) is 3. The van der Waals surface area contributed by atoms with Gasteiger partial charge in [-0.15, -0.1) is 0 Å². The van der Waals surface area contributed by atoms with Gasteiger partial charge in [0.1, 0.15) is 5.60 Å². The lowest BCUT2D eigenvalue weighted by Gasteiger charge is -2.26. The van der Waals surface area contributed by atoms with E-state index in [1.54, 1.807) is 0 Å². The Kier molecular flexibility index (Phi) is 5.89. The molecule has 1 aliphatic carbocycles. The van der Waals surface area contributed by atoms with Gasteiger partial charge in [-0.3, -0.25) is 0 Å². The van der Waals surface area contributed by atoms with Crippen LogP contribution in [0.15, 0.2) is 18.3 Å². The van der Waals surface area contributed by atoms with Crippen molar-refractivity contribution in [2.24, 2.45) is 5.92 Å². The number of alkyl carbamates (subject to hydrolysis) is 1. The first-order chi connectivity index (χ1) is 10.4. The van der Waals surface area contributed by atoms with Gasteiger partial charge in [-0.25, -0.2) is 4.79 Å². The maximum Gasteiger partial charge on any atom is 0.407 e. The van der Waals surface area contributed by atoms with Crippen molar-refractivity contribution in [1.29, 1.82) is 0 Å². The quantitative estimate of drug-likeness (QED) is 0.756. The summed E-state index contributed by atoms with van der Waals surface area (Å²) in [6.45, 7) is 7.05. The van der Waals surface area contributed by atoms with Gasteiger partial charge < -0.3 is 20.4 Å². The number of H-pyrrole nitrogens is 1. The summed E-state index contributed by atoms with van der Waals surface area (Å²) >= 11 is 0. The largest absolute Gasteiger partial charge is 0.444 e. The molecule has 1 amide bonds. The molecule has 1 saturated carbocycles. The van der Waals surface area contributed by atoms with Crippen LogP contribution in [0, 0.1) is 5.92 Å². The molecule has 0 bridgehead atoms. The minimum Gasteiger partial charge on any atom is -0.444 e. The third-order valence-corrected chi connectivity index (χ3v) is 4.05. The number of nitrogens with one attached hydrogen (secondary N) is 3. The first-order valence-corrected chi connectivity index (χ1v) is 8.26. The zero-order valence-electron chi connectivity index (χ0n) is 13.9. The van der Waals surface area contributed by atoms with Gasteiger partial charge in [0, 0.05) is 31.0 Å². The van der Waals surface area contributed by atoms with Crippen LogP contribution in [0.1, 0.15) is 52.1 Å². The Morgan fingerprint density at radius 2 is 2.14 bits per heavy atom. The molecule has 0 radical (unpaired) electrons. The Balaban J connectivity index is 1.83. The zero-order chi connectivity index (χ0) is 16.0. The number of carbonyl (C=O) groups is 1. The van der Waals surface area contributed by atoms with Crippen LogP contribution in [-0.2, 0) is 11.3 Å². The molecular formula is C17H29N3O2. The van der Waals surface area contributed by atoms with E-state index in [1.165, 1.54) is 31.4 Å². The summed E-state index contributed by atoms with van der Waals surface area (Å²) in [5.74, 6) is 0.630. The second-order valence-corrected chi connectivity index (χ2v) is 7.11. The maximum atomic E-state index is 11.8. The van der Waals surface area contributed by atoms with E-state index >= 15 is 0 Å². The van der Waals surface area contributed by atoms with Crippen molar-refractivity contribution in [3.63, 3.8) is 0 Å². The van der Waals surface area contributed by atoms with E-state index in [0.29, 0.717) is 18.5 Å². The van der Waals surface area contributed by atoms with Gasteiger partial charge in [0.05, 0.1) is 0 Å². The van der Waals surface area contributed by atoms with Crippen LogP contribution < -0.4 is 10.6 Å². The Morgan fingerprint density at radius 1 is 1.41 bits per heavy atom. The van der Waals surface area contributed by atoms with Crippen molar-refractivity contribution >= 4 is 6.09 Å². The molecule has 1 atom stereocenters. The molecule has 1 heterocycles. The Hall–Kier alpha value is -1.49. The molecule has 5 heteroatoms. The highest BCUT2D eigenvalue weighted by molar-refractivity contribution is 5.67. The molecule has 1 aromatic heterocycles. The Labute approximate surface area is 133 Å². The predicted molar refractivity (Wildman–Crippen MR) is 87.6 cm³/mol. The average Bonchev–Trinajstić information content (AvgIpc) is 3.09. The highest BCUT2D eigenvalue weighted by atomic mass is 16.6. The van der Waals surface area contributed by atoms with E-state index in [1.807, 2.05) is 33.0 Å². The summed E-state index contributed by atoms with van der Waals surface area (Å²) in [6, 6.07) is 4.36. The average molecular weight is 307 g/mol. The number of carbonyl (C=O) groups excluding carboxylic acids is 1. The first-order valence-electron chi connectivity index (χ1n) is 8.26. The van der Waals surface area contributed by atoms with Crippen molar-refractivity contribution in [2.45, 2.75) is 64.6 Å². The minimum atomic E-state index is -0.454. The molecule has 0 aliphatic heterocycles. The third kappa shape index (κ3) is 5.72. The molecule has 0 spiro atoms. The van der Waals surface area contributed by atoms with Gasteiger partial charge in [-0.1, -0.05) is 12.8 Å². The van der Waals surface area contributed by atoms with Crippen LogP contribution in [-0.4, -0.2) is 29.3 Å². The van der Waals surface area contributed by atoms with E-state index < -0.39 is 5.60 Å². The standard InChI is InChI=1S/C17H29N3O2/c1-17(2,3)22-16(21)20-12-15(13-7-4-5-8-13)19-11-14-9-6-10-18-14/h6,9-10,13,15,18-19H,4-5,7-8,11-12H2,1-3H3,(H,20,21). The summed E-state index contributed by atoms with van der Waals surface area (Å²) in [5, 5.41) is 6.49. The zero-order valence-corrected chi connectivity index (χ0v) is 13.9. The SMILES string of the molecule is CC(C)(C)OC(=O)NCC(NCc1ccc[nH]1)C1CCCC1. The predicted octanol–water partition coefficient (Wildman–Crippen LogP) is 3.19. The third-order valence-electron chi connectivity index (χ3n) is 4.05. The molecule has 1 aromatic rings. The second-order valence-electron chi connectivity index (χ2n) is 7.11. The Bertz CT molecular complexity index is 445. The van der Waals surface area contributed by atoms with Gasteiger partial charge in [0.2, 0.25) is 0 Å². The summed E-state index contributed by atoms with van der Waals surface area (Å²) < 4.78 is 5.32. The summed E-state index contributed by atoms with van der Waals surface area (Å²) in [4.78, 5) is 15.0. The van der Waals surface area contributed by atoms with Gasteiger partial charge in [0.25, 0.3) is 0 Å². The van der Waals surface area contributed by atoms with Crippen LogP contribution in [0.2, 0.25) is 0 Å². The monoisotopic (exact) mass is 307 g/mol. The fourth-order valence-electron chi connectivity index (χ4n) is 2.99. The summed E-state index contributed by atoms with van der Waals surface area (Å²) in [5.41, 5.74) is 0.713. The van der Waals surface area contributed by atoms with E-state index in [-0.39, 0.29) is 6.09 Å². The highest BCUT2D eigenvalue weighted by Gasteiger charge is 2.26. The Morgan fingerprint density at radius 3 is 2.73 bits per heavy atom. The van der Waals surface area contributed by atoms with Gasteiger partial charge in [-0.2, -0.15) is 0 Å². The molecule has 1 aliphatic rings. The molecule has 2 rings (SSSR count). The van der Waals surface area contributed by atoms with Crippen LogP contribution in [0.3, 0.4) is 0 Å². The normalized spacial score (nSPS) is 17.4. The molecular weight excluding hydrogens is 278 g/mol. The molecule has 5 nitrogen and oxygen atoms in total. The van der Waals surface area contributed by atoms with Gasteiger partial charge in [0.15, 0.2) is 0 Å². The van der Waals surface area contributed by atoms with E-state index in [4.69, 9.17) is 4.74 Å². The topological polar surface area (TPSA) is 66.2 Å². The fourth-order valence-corrected chi connectivity index (χ4v) is 2.99. The second kappa shape index (κ2) is 7.68. The van der Waals surface area contributed by atoms with E-state index in [9.17, 15) is 4.79 Å². The summed E-state index contributed by atoms with van der Waals surface area (Å²) in [6.07, 6.45) is 6.64. The minimum absolute atomic E-state index is 0.290. The highest BCUT2D eigenvalue weighted by Crippen LogP contribution is 2.27. The van der Waals surface area contributed by atoms with Gasteiger partial charge in [-0.05, 0) is 51.7 Å². The van der Waals surface area contributed by atoms with Crippen LogP contribution in [0.5, 0.6) is 0 Å². The van der Waals surface area contributed by atoms with E-state index in [2.05, 4.69) is 21.7 Å². The number of rotatable bonds is 6. The lowest BCUT2D eigenvalue weighted by molar-refractivity contribution is 0.0518. The van der Waals surface area contributed by atoms with E-state index in [0.717, 1.165) is 6.54 Å². The number of ether oxygens (including phenoxy) is 1. The maximum absolute atomic E-state index is 11.8. The number of amides is 1. The lowest BCUT2D eigenvalue weighted by atomic mass is 9.98. The number of aromatic nitrogens is 1. The van der Waals surface area contributed by atoms with Crippen LogP contribution in [0.25, 0.3) is 0 Å². The first kappa shape index (κ1) is 16.9. The molecule has 1 fully saturated rings. The number of aromatic amines is 1. The molecule has 3 N–H and O–H groups in total. The molecule has 124 valence electrons. The molecule has 1 unspecified atom stereocenters. The summed E-state index contributed by atoms with van der Waals surface area (Å²) in [7, 11) is 0. The van der Waals surface area contributed by atoms with Crippen molar-refractivity contribution in [3.8, 4) is 0 Å². The van der Waals surface area contributed by atoms with Crippen molar-refractivity contribution in [3.05, 3.63) is 24.0 Å².